The highest BCUT2D eigenvalue weighted by Crippen LogP contribution is 2.13. The number of nitrogens with zero attached hydrogens (tertiary/aromatic N) is 2. The van der Waals surface area contributed by atoms with Crippen molar-refractivity contribution in [2.24, 2.45) is 0 Å². The van der Waals surface area contributed by atoms with Crippen molar-refractivity contribution in [2.45, 2.75) is 12.8 Å². The molecule has 6 heteroatoms. The Morgan fingerprint density at radius 1 is 0.923 bits per heavy atom. The van der Waals surface area contributed by atoms with E-state index in [0.717, 1.165) is 0 Å². The average Bonchev–Trinajstić information content (AvgIpc) is 2.89. The van der Waals surface area contributed by atoms with Crippen LogP contribution in [0.1, 0.15) is 12.0 Å². The van der Waals surface area contributed by atoms with Gasteiger partial charge in [-0.05, 0) is 36.2 Å². The number of amides is 2. The third-order valence-electron chi connectivity index (χ3n) is 4.30. The van der Waals surface area contributed by atoms with Crippen LogP contribution in [0.15, 0.2) is 54.6 Å². The number of carbonyl (C=O) groups is 2. The number of rotatable bonds is 3. The van der Waals surface area contributed by atoms with E-state index in [1.807, 2.05) is 6.07 Å². The highest BCUT2D eigenvalue weighted by Gasteiger charge is 2.23. The Morgan fingerprint density at radius 3 is 2.42 bits per heavy atom. The first-order valence-electron chi connectivity index (χ1n) is 8.66. The van der Waals surface area contributed by atoms with Gasteiger partial charge in [0.05, 0.1) is 6.42 Å². The molecule has 0 aliphatic carbocycles. The van der Waals surface area contributed by atoms with Crippen molar-refractivity contribution in [3.8, 4) is 5.75 Å². The summed E-state index contributed by atoms with van der Waals surface area (Å²) in [6.45, 7) is 1.97. The summed E-state index contributed by atoms with van der Waals surface area (Å²) in [7, 11) is 0. The lowest BCUT2D eigenvalue weighted by Crippen LogP contribution is -2.39. The van der Waals surface area contributed by atoms with Crippen molar-refractivity contribution in [3.63, 3.8) is 0 Å². The second-order valence-electron chi connectivity index (χ2n) is 6.21. The quantitative estimate of drug-likeness (QED) is 0.849. The molecule has 5 nitrogen and oxygen atoms in total. The molecular weight excluding hydrogens is 335 g/mol. The lowest BCUT2D eigenvalue weighted by atomic mass is 10.1. The lowest BCUT2D eigenvalue weighted by molar-refractivity contribution is -0.130. The third-order valence-corrected chi connectivity index (χ3v) is 4.30. The summed E-state index contributed by atoms with van der Waals surface area (Å²) in [5, 5.41) is 0. The Balaban J connectivity index is 1.54. The molecule has 1 fully saturated rings. The molecule has 0 radical (unpaired) electrons. The second-order valence-corrected chi connectivity index (χ2v) is 6.21. The van der Waals surface area contributed by atoms with Gasteiger partial charge in [-0.15, -0.1) is 0 Å². The zero-order valence-corrected chi connectivity index (χ0v) is 14.4. The zero-order valence-electron chi connectivity index (χ0n) is 14.4. The molecule has 1 heterocycles. The van der Waals surface area contributed by atoms with Gasteiger partial charge in [-0.2, -0.15) is 0 Å². The van der Waals surface area contributed by atoms with Gasteiger partial charge >= 0.3 is 6.09 Å². The van der Waals surface area contributed by atoms with Gasteiger partial charge in [-0.1, -0.05) is 30.3 Å². The van der Waals surface area contributed by atoms with E-state index in [0.29, 0.717) is 43.9 Å². The van der Waals surface area contributed by atoms with Crippen LogP contribution in [0.25, 0.3) is 0 Å². The van der Waals surface area contributed by atoms with E-state index in [9.17, 15) is 14.0 Å². The second kappa shape index (κ2) is 8.47. The van der Waals surface area contributed by atoms with E-state index < -0.39 is 6.09 Å². The van der Waals surface area contributed by atoms with Crippen LogP contribution in [0.4, 0.5) is 9.18 Å². The Bertz CT molecular complexity index is 767. The molecule has 2 aromatic rings. The van der Waals surface area contributed by atoms with E-state index in [-0.39, 0.29) is 18.1 Å². The fourth-order valence-electron chi connectivity index (χ4n) is 2.94. The number of ether oxygens (including phenoxy) is 1. The van der Waals surface area contributed by atoms with Crippen LogP contribution in [-0.2, 0) is 11.2 Å². The van der Waals surface area contributed by atoms with Gasteiger partial charge in [-0.3, -0.25) is 4.79 Å². The first-order chi connectivity index (χ1) is 12.6. The molecule has 136 valence electrons. The molecule has 3 rings (SSSR count). The summed E-state index contributed by atoms with van der Waals surface area (Å²) in [6.07, 6.45) is 0.431. The van der Waals surface area contributed by atoms with Crippen molar-refractivity contribution in [1.29, 1.82) is 0 Å². The minimum absolute atomic E-state index is 0.0612. The highest BCUT2D eigenvalue weighted by atomic mass is 19.1. The molecule has 0 saturated carbocycles. The number of benzene rings is 2. The maximum atomic E-state index is 13.3. The smallest absolute Gasteiger partial charge is 0.410 e. The number of carbonyl (C=O) groups excluding carboxylic acids is 2. The van der Waals surface area contributed by atoms with Gasteiger partial charge in [0.25, 0.3) is 0 Å². The molecular formula is C20H21FN2O3. The summed E-state index contributed by atoms with van der Waals surface area (Å²) in [5.41, 5.74) is 0.652. The normalized spacial score (nSPS) is 14.7. The van der Waals surface area contributed by atoms with E-state index >= 15 is 0 Å². The highest BCUT2D eigenvalue weighted by molar-refractivity contribution is 5.79. The molecule has 0 N–H and O–H groups in total. The van der Waals surface area contributed by atoms with Crippen LogP contribution in [-0.4, -0.2) is 48.0 Å². The summed E-state index contributed by atoms with van der Waals surface area (Å²) in [6, 6.07) is 15.0. The molecule has 2 aromatic carbocycles. The molecule has 0 atom stereocenters. The van der Waals surface area contributed by atoms with Crippen molar-refractivity contribution in [2.75, 3.05) is 26.2 Å². The Morgan fingerprint density at radius 2 is 1.65 bits per heavy atom. The summed E-state index contributed by atoms with van der Waals surface area (Å²) < 4.78 is 18.6. The first kappa shape index (κ1) is 17.9. The summed E-state index contributed by atoms with van der Waals surface area (Å²) >= 11 is 0. The molecule has 0 unspecified atom stereocenters. The van der Waals surface area contributed by atoms with Crippen LogP contribution in [0.2, 0.25) is 0 Å². The lowest BCUT2D eigenvalue weighted by Gasteiger charge is -2.22. The molecule has 2 amide bonds. The van der Waals surface area contributed by atoms with Gasteiger partial charge in [0, 0.05) is 26.2 Å². The van der Waals surface area contributed by atoms with Crippen LogP contribution < -0.4 is 4.74 Å². The van der Waals surface area contributed by atoms with E-state index in [4.69, 9.17) is 4.74 Å². The van der Waals surface area contributed by atoms with Crippen LogP contribution >= 0.6 is 0 Å². The number of halogens is 1. The SMILES string of the molecule is O=C(Cc1cccc(F)c1)N1CCCN(C(=O)Oc2ccccc2)CC1. The summed E-state index contributed by atoms with van der Waals surface area (Å²) in [4.78, 5) is 28.1. The van der Waals surface area contributed by atoms with E-state index in [1.165, 1.54) is 12.1 Å². The van der Waals surface area contributed by atoms with E-state index in [1.54, 1.807) is 46.2 Å². The third kappa shape index (κ3) is 4.81. The van der Waals surface area contributed by atoms with Crippen LogP contribution in [0, 0.1) is 5.82 Å². The monoisotopic (exact) mass is 356 g/mol. The van der Waals surface area contributed by atoms with Crippen LogP contribution in [0.5, 0.6) is 5.75 Å². The Kier molecular flexibility index (Phi) is 5.84. The zero-order chi connectivity index (χ0) is 18.4. The van der Waals surface area contributed by atoms with E-state index in [2.05, 4.69) is 0 Å². The van der Waals surface area contributed by atoms with Crippen molar-refractivity contribution in [3.05, 3.63) is 66.0 Å². The average molecular weight is 356 g/mol. The number of hydrogen-bond acceptors (Lipinski definition) is 3. The van der Waals surface area contributed by atoms with Crippen LogP contribution in [0.3, 0.4) is 0 Å². The molecule has 0 bridgehead atoms. The van der Waals surface area contributed by atoms with Gasteiger partial charge in [0.2, 0.25) is 5.91 Å². The molecule has 26 heavy (non-hydrogen) atoms. The standard InChI is InChI=1S/C20H21FN2O3/c21-17-7-4-6-16(14-17)15-19(24)22-10-5-11-23(13-12-22)20(25)26-18-8-2-1-3-9-18/h1-4,6-9,14H,5,10-13,15H2. The van der Waals surface area contributed by atoms with Crippen molar-refractivity contribution >= 4 is 12.0 Å². The topological polar surface area (TPSA) is 49.9 Å². The minimum Gasteiger partial charge on any atom is -0.410 e. The maximum absolute atomic E-state index is 13.3. The molecule has 1 saturated heterocycles. The molecule has 1 aliphatic heterocycles. The predicted octanol–water partition coefficient (Wildman–Crippen LogP) is 3.10. The Hall–Kier alpha value is -2.89. The molecule has 1 aliphatic rings. The minimum atomic E-state index is -0.407. The Labute approximate surface area is 152 Å². The van der Waals surface area contributed by atoms with Gasteiger partial charge < -0.3 is 14.5 Å². The maximum Gasteiger partial charge on any atom is 0.415 e. The largest absolute Gasteiger partial charge is 0.415 e. The van der Waals surface area contributed by atoms with Gasteiger partial charge in [-0.25, -0.2) is 9.18 Å². The fraction of sp³-hybridized carbons (Fsp3) is 0.300. The predicted molar refractivity (Wildman–Crippen MR) is 95.3 cm³/mol. The number of hydrogen-bond donors (Lipinski definition) is 0. The molecule has 0 aromatic heterocycles. The molecule has 0 spiro atoms. The van der Waals surface area contributed by atoms with Gasteiger partial charge in [0.15, 0.2) is 0 Å². The van der Waals surface area contributed by atoms with Crippen molar-refractivity contribution in [1.82, 2.24) is 9.80 Å². The number of para-hydroxylation sites is 1. The van der Waals surface area contributed by atoms with Gasteiger partial charge in [0.1, 0.15) is 11.6 Å². The first-order valence-corrected chi connectivity index (χ1v) is 8.66. The van der Waals surface area contributed by atoms with Crippen molar-refractivity contribution < 1.29 is 18.7 Å². The summed E-state index contributed by atoms with van der Waals surface area (Å²) in [5.74, 6) is 0.0932. The fourth-order valence-corrected chi connectivity index (χ4v) is 2.94.